The molecule has 0 aromatic rings. The molecule has 0 bridgehead atoms. The summed E-state index contributed by atoms with van der Waals surface area (Å²) in [6, 6.07) is -2.26. The standard InChI is InChI=1S/C12H15F6NO5/c1-4-5(2)23-8(20)7(19-9(21)11(13,14)15)6(3)24-10(22)12(16,17)18/h5-7H,4H2,1-3H3,(H,19,21)/t5?,6?,7-/m0/s1. The molecule has 0 radical (unpaired) electrons. The number of nitrogens with one attached hydrogen (secondary N) is 1. The van der Waals surface area contributed by atoms with Crippen molar-refractivity contribution in [2.24, 2.45) is 0 Å². The van der Waals surface area contributed by atoms with Crippen molar-refractivity contribution in [2.75, 3.05) is 0 Å². The summed E-state index contributed by atoms with van der Waals surface area (Å²) in [6.45, 7) is 3.64. The minimum absolute atomic E-state index is 0.252. The lowest BCUT2D eigenvalue weighted by atomic mass is 10.1. The zero-order valence-corrected chi connectivity index (χ0v) is 12.7. The molecule has 2 unspecified atom stereocenters. The summed E-state index contributed by atoms with van der Waals surface area (Å²) in [6.07, 6.45) is -13.4. The molecule has 0 saturated heterocycles. The molecule has 12 heteroatoms. The lowest BCUT2D eigenvalue weighted by Gasteiger charge is -2.25. The molecule has 1 amide bonds. The number of rotatable bonds is 6. The molecule has 1 N–H and O–H groups in total. The third-order valence-electron chi connectivity index (χ3n) is 2.68. The Morgan fingerprint density at radius 1 is 0.958 bits per heavy atom. The molecule has 24 heavy (non-hydrogen) atoms. The highest BCUT2D eigenvalue weighted by Crippen LogP contribution is 2.20. The topological polar surface area (TPSA) is 81.7 Å². The molecular weight excluding hydrogens is 352 g/mol. The summed E-state index contributed by atoms with van der Waals surface area (Å²) in [4.78, 5) is 33.4. The van der Waals surface area contributed by atoms with Crippen LogP contribution in [-0.4, -0.2) is 48.4 Å². The second-order valence-electron chi connectivity index (χ2n) is 4.71. The lowest BCUT2D eigenvalue weighted by Crippen LogP contribution is -2.54. The van der Waals surface area contributed by atoms with Gasteiger partial charge in [0.25, 0.3) is 0 Å². The quantitative estimate of drug-likeness (QED) is 0.573. The first-order valence-corrected chi connectivity index (χ1v) is 6.56. The van der Waals surface area contributed by atoms with Gasteiger partial charge in [0.15, 0.2) is 6.04 Å². The van der Waals surface area contributed by atoms with E-state index in [4.69, 9.17) is 0 Å². The molecule has 6 nitrogen and oxygen atoms in total. The highest BCUT2D eigenvalue weighted by atomic mass is 19.4. The van der Waals surface area contributed by atoms with Crippen LogP contribution >= 0.6 is 0 Å². The monoisotopic (exact) mass is 367 g/mol. The molecule has 0 heterocycles. The van der Waals surface area contributed by atoms with Crippen molar-refractivity contribution in [1.29, 1.82) is 0 Å². The first-order valence-electron chi connectivity index (χ1n) is 6.56. The molecule has 0 aromatic carbocycles. The van der Waals surface area contributed by atoms with Crippen LogP contribution in [0.25, 0.3) is 0 Å². The van der Waals surface area contributed by atoms with Crippen molar-refractivity contribution in [3.05, 3.63) is 0 Å². The predicted molar refractivity (Wildman–Crippen MR) is 65.4 cm³/mol. The number of hydrogen-bond acceptors (Lipinski definition) is 5. The number of amides is 1. The second kappa shape index (κ2) is 8.20. The van der Waals surface area contributed by atoms with E-state index in [1.54, 1.807) is 6.92 Å². The van der Waals surface area contributed by atoms with Crippen molar-refractivity contribution in [1.82, 2.24) is 5.32 Å². The van der Waals surface area contributed by atoms with E-state index in [1.165, 1.54) is 6.92 Å². The van der Waals surface area contributed by atoms with Gasteiger partial charge < -0.3 is 14.8 Å². The number of alkyl halides is 6. The molecular formula is C12H15F6NO5. The smallest absolute Gasteiger partial charge is 0.461 e. The fourth-order valence-corrected chi connectivity index (χ4v) is 1.25. The van der Waals surface area contributed by atoms with E-state index < -0.39 is 48.4 Å². The Morgan fingerprint density at radius 3 is 1.83 bits per heavy atom. The van der Waals surface area contributed by atoms with E-state index in [0.29, 0.717) is 6.92 Å². The molecule has 0 saturated carbocycles. The van der Waals surface area contributed by atoms with Crippen molar-refractivity contribution >= 4 is 17.8 Å². The van der Waals surface area contributed by atoms with Crippen LogP contribution in [0.2, 0.25) is 0 Å². The minimum atomic E-state index is -5.42. The molecule has 0 fully saturated rings. The number of carbonyl (C=O) groups is 3. The van der Waals surface area contributed by atoms with Crippen LogP contribution < -0.4 is 5.32 Å². The Labute approximate surface area is 132 Å². The predicted octanol–water partition coefficient (Wildman–Crippen LogP) is 1.87. The van der Waals surface area contributed by atoms with E-state index in [9.17, 15) is 40.7 Å². The largest absolute Gasteiger partial charge is 0.490 e. The Morgan fingerprint density at radius 2 is 1.46 bits per heavy atom. The van der Waals surface area contributed by atoms with E-state index in [-0.39, 0.29) is 6.42 Å². The zero-order valence-electron chi connectivity index (χ0n) is 12.7. The molecule has 0 aliphatic heterocycles. The van der Waals surface area contributed by atoms with Gasteiger partial charge in [-0.2, -0.15) is 26.3 Å². The number of ether oxygens (including phenoxy) is 2. The summed E-state index contributed by atoms with van der Waals surface area (Å²) in [7, 11) is 0. The van der Waals surface area contributed by atoms with Crippen molar-refractivity contribution in [3.63, 3.8) is 0 Å². The summed E-state index contributed by atoms with van der Waals surface area (Å²) >= 11 is 0. The normalized spacial score (nSPS) is 15.9. The number of halogens is 6. The van der Waals surface area contributed by atoms with Gasteiger partial charge in [0, 0.05) is 0 Å². The van der Waals surface area contributed by atoms with Crippen LogP contribution in [0, 0.1) is 0 Å². The SMILES string of the molecule is CCC(C)OC(=O)[C@@H](NC(=O)C(F)(F)F)C(C)OC(=O)C(F)(F)F. The fraction of sp³-hybridized carbons (Fsp3) is 0.750. The minimum Gasteiger partial charge on any atom is -0.461 e. The molecule has 0 aliphatic rings. The Balaban J connectivity index is 5.27. The van der Waals surface area contributed by atoms with Gasteiger partial charge in [-0.25, -0.2) is 9.59 Å². The number of carbonyl (C=O) groups excluding carboxylic acids is 3. The zero-order chi connectivity index (χ0) is 19.3. The van der Waals surface area contributed by atoms with Gasteiger partial charge in [0.1, 0.15) is 6.10 Å². The summed E-state index contributed by atoms with van der Waals surface area (Å²) in [5.41, 5.74) is 0. The molecule has 0 aliphatic carbocycles. The Bertz CT molecular complexity index is 476. The average molecular weight is 367 g/mol. The van der Waals surface area contributed by atoms with E-state index in [0.717, 1.165) is 5.32 Å². The van der Waals surface area contributed by atoms with Crippen LogP contribution in [0.3, 0.4) is 0 Å². The first-order chi connectivity index (χ1) is 10.7. The van der Waals surface area contributed by atoms with Gasteiger partial charge in [-0.3, -0.25) is 4.79 Å². The molecule has 140 valence electrons. The molecule has 0 spiro atoms. The van der Waals surface area contributed by atoms with Crippen molar-refractivity contribution in [3.8, 4) is 0 Å². The average Bonchev–Trinajstić information content (AvgIpc) is 2.41. The molecule has 0 rings (SSSR count). The maximum absolute atomic E-state index is 12.3. The van der Waals surface area contributed by atoms with Gasteiger partial charge in [-0.1, -0.05) is 6.92 Å². The fourth-order valence-electron chi connectivity index (χ4n) is 1.25. The highest BCUT2D eigenvalue weighted by Gasteiger charge is 2.46. The van der Waals surface area contributed by atoms with E-state index in [2.05, 4.69) is 9.47 Å². The third-order valence-corrected chi connectivity index (χ3v) is 2.68. The maximum Gasteiger partial charge on any atom is 0.490 e. The Kier molecular flexibility index (Phi) is 7.51. The number of esters is 2. The van der Waals surface area contributed by atoms with Crippen molar-refractivity contribution in [2.45, 2.75) is 57.8 Å². The summed E-state index contributed by atoms with van der Waals surface area (Å²) in [5.74, 6) is -6.79. The summed E-state index contributed by atoms with van der Waals surface area (Å²) < 4.78 is 81.7. The van der Waals surface area contributed by atoms with Gasteiger partial charge in [0.2, 0.25) is 0 Å². The van der Waals surface area contributed by atoms with E-state index in [1.807, 2.05) is 0 Å². The molecule has 3 atom stereocenters. The van der Waals surface area contributed by atoms with Crippen LogP contribution in [0.15, 0.2) is 0 Å². The lowest BCUT2D eigenvalue weighted by molar-refractivity contribution is -0.206. The van der Waals surface area contributed by atoms with E-state index >= 15 is 0 Å². The Hall–Kier alpha value is -2.01. The first kappa shape index (κ1) is 22.0. The van der Waals surface area contributed by atoms with Crippen LogP contribution in [0.5, 0.6) is 0 Å². The van der Waals surface area contributed by atoms with Gasteiger partial charge >= 0.3 is 30.2 Å². The highest BCUT2D eigenvalue weighted by molar-refractivity contribution is 5.88. The second-order valence-corrected chi connectivity index (χ2v) is 4.71. The molecule has 0 aromatic heterocycles. The van der Waals surface area contributed by atoms with Crippen LogP contribution in [0.4, 0.5) is 26.3 Å². The number of hydrogen-bond donors (Lipinski definition) is 1. The van der Waals surface area contributed by atoms with Crippen LogP contribution in [-0.2, 0) is 23.9 Å². The maximum atomic E-state index is 12.3. The van der Waals surface area contributed by atoms with Crippen molar-refractivity contribution < 1.29 is 50.2 Å². The van der Waals surface area contributed by atoms with Gasteiger partial charge in [-0.05, 0) is 20.3 Å². The third kappa shape index (κ3) is 7.04. The van der Waals surface area contributed by atoms with Crippen LogP contribution in [0.1, 0.15) is 27.2 Å². The van der Waals surface area contributed by atoms with Gasteiger partial charge in [0.05, 0.1) is 6.10 Å². The van der Waals surface area contributed by atoms with Gasteiger partial charge in [-0.15, -0.1) is 0 Å². The summed E-state index contributed by atoms with van der Waals surface area (Å²) in [5, 5.41) is 1.16.